The van der Waals surface area contributed by atoms with Gasteiger partial charge in [-0.3, -0.25) is 10.1 Å². The minimum absolute atomic E-state index is 0.119. The Morgan fingerprint density at radius 1 is 1.33 bits per heavy atom. The summed E-state index contributed by atoms with van der Waals surface area (Å²) in [5, 5.41) is 10.8. The van der Waals surface area contributed by atoms with Crippen LogP contribution in [0.5, 0.6) is 0 Å². The van der Waals surface area contributed by atoms with Crippen molar-refractivity contribution in [1.29, 1.82) is 0 Å². The van der Waals surface area contributed by atoms with Crippen LogP contribution in [0, 0.1) is 10.1 Å². The van der Waals surface area contributed by atoms with Crippen LogP contribution in [0.25, 0.3) is 0 Å². The van der Waals surface area contributed by atoms with E-state index in [2.05, 4.69) is 17.0 Å². The smallest absolute Gasteiger partial charge is 0.269 e. The summed E-state index contributed by atoms with van der Waals surface area (Å²) in [7, 11) is 0. The Hall–Kier alpha value is -2.14. The first kappa shape index (κ1) is 13.8. The van der Waals surface area contributed by atoms with Crippen molar-refractivity contribution in [3.63, 3.8) is 0 Å². The molecule has 0 aliphatic heterocycles. The topological polar surface area (TPSA) is 74.1 Å². The third-order valence-electron chi connectivity index (χ3n) is 4.09. The molecule has 5 heteroatoms. The second kappa shape index (κ2) is 5.69. The molecule has 0 amide bonds. The number of nitrogens with zero attached hydrogens (tertiary/aromatic N) is 2. The summed E-state index contributed by atoms with van der Waals surface area (Å²) < 4.78 is 2.09. The number of rotatable bonds is 3. The van der Waals surface area contributed by atoms with E-state index < -0.39 is 0 Å². The van der Waals surface area contributed by atoms with E-state index >= 15 is 0 Å². The van der Waals surface area contributed by atoms with Crippen molar-refractivity contribution >= 4 is 5.69 Å². The number of aromatic nitrogens is 1. The minimum atomic E-state index is -0.357. The Balaban J connectivity index is 1.84. The number of aryl methyl sites for hydroxylation is 1. The third-order valence-corrected chi connectivity index (χ3v) is 4.09. The van der Waals surface area contributed by atoms with Gasteiger partial charge in [0.2, 0.25) is 0 Å². The molecule has 1 unspecified atom stereocenters. The van der Waals surface area contributed by atoms with Crippen LogP contribution in [-0.4, -0.2) is 9.49 Å². The van der Waals surface area contributed by atoms with Crippen molar-refractivity contribution in [3.8, 4) is 0 Å². The zero-order valence-corrected chi connectivity index (χ0v) is 11.9. The molecule has 1 atom stereocenters. The first-order valence-corrected chi connectivity index (χ1v) is 7.31. The number of benzene rings is 1. The predicted molar refractivity (Wildman–Crippen MR) is 81.1 cm³/mol. The zero-order valence-electron chi connectivity index (χ0n) is 11.9. The van der Waals surface area contributed by atoms with Crippen LogP contribution < -0.4 is 5.73 Å². The van der Waals surface area contributed by atoms with Gasteiger partial charge in [-0.15, -0.1) is 0 Å². The van der Waals surface area contributed by atoms with Gasteiger partial charge < -0.3 is 10.3 Å². The van der Waals surface area contributed by atoms with E-state index in [0.29, 0.717) is 6.54 Å². The van der Waals surface area contributed by atoms with Crippen molar-refractivity contribution in [1.82, 2.24) is 4.57 Å². The van der Waals surface area contributed by atoms with Gasteiger partial charge in [-0.2, -0.15) is 0 Å². The zero-order chi connectivity index (χ0) is 14.8. The molecule has 110 valence electrons. The van der Waals surface area contributed by atoms with Gasteiger partial charge in [-0.25, -0.2) is 0 Å². The summed E-state index contributed by atoms with van der Waals surface area (Å²) in [6.45, 7) is 0.640. The average Bonchev–Trinajstić information content (AvgIpc) is 2.79. The number of hydrogen-bond acceptors (Lipinski definition) is 3. The van der Waals surface area contributed by atoms with E-state index in [-0.39, 0.29) is 16.7 Å². The molecule has 0 saturated heterocycles. The monoisotopic (exact) mass is 285 g/mol. The summed E-state index contributed by atoms with van der Waals surface area (Å²) >= 11 is 0. The minimum Gasteiger partial charge on any atom is -0.349 e. The highest BCUT2D eigenvalue weighted by Gasteiger charge is 2.17. The van der Waals surface area contributed by atoms with Crippen LogP contribution in [0.2, 0.25) is 0 Å². The summed E-state index contributed by atoms with van der Waals surface area (Å²) in [6.07, 6.45) is 8.71. The fourth-order valence-corrected chi connectivity index (χ4v) is 3.02. The molecule has 0 bridgehead atoms. The Morgan fingerprint density at radius 2 is 2.19 bits per heavy atom. The maximum atomic E-state index is 10.8. The van der Waals surface area contributed by atoms with E-state index in [1.807, 2.05) is 6.07 Å². The summed E-state index contributed by atoms with van der Waals surface area (Å²) in [4.78, 5) is 10.5. The van der Waals surface area contributed by atoms with Gasteiger partial charge in [0.05, 0.1) is 4.92 Å². The normalized spacial score (nSPS) is 18.0. The molecule has 3 rings (SSSR count). The lowest BCUT2D eigenvalue weighted by molar-refractivity contribution is -0.384. The number of non-ortho nitro benzene ring substituents is 1. The van der Waals surface area contributed by atoms with E-state index in [1.165, 1.54) is 30.0 Å². The maximum Gasteiger partial charge on any atom is 0.269 e. The SMILES string of the molecule is NC1CCCCc2cn(Cc3cccc([N+](=O)[O-])c3)cc21. The molecule has 1 heterocycles. The molecule has 0 fully saturated rings. The van der Waals surface area contributed by atoms with E-state index in [9.17, 15) is 10.1 Å². The molecule has 1 aliphatic carbocycles. The highest BCUT2D eigenvalue weighted by molar-refractivity contribution is 5.35. The van der Waals surface area contributed by atoms with Gasteiger partial charge in [-0.1, -0.05) is 18.6 Å². The van der Waals surface area contributed by atoms with Crippen molar-refractivity contribution in [2.75, 3.05) is 0 Å². The molecule has 5 nitrogen and oxygen atoms in total. The van der Waals surface area contributed by atoms with Gasteiger partial charge in [0.15, 0.2) is 0 Å². The second-order valence-corrected chi connectivity index (χ2v) is 5.69. The third kappa shape index (κ3) is 2.97. The first-order valence-electron chi connectivity index (χ1n) is 7.31. The molecular weight excluding hydrogens is 266 g/mol. The molecule has 21 heavy (non-hydrogen) atoms. The van der Waals surface area contributed by atoms with Gasteiger partial charge in [0.25, 0.3) is 5.69 Å². The first-order chi connectivity index (χ1) is 10.1. The highest BCUT2D eigenvalue weighted by Crippen LogP contribution is 2.28. The quantitative estimate of drug-likeness (QED) is 0.534. The second-order valence-electron chi connectivity index (χ2n) is 5.69. The summed E-state index contributed by atoms with van der Waals surface area (Å²) in [5.74, 6) is 0. The number of nitrogens with two attached hydrogens (primary N) is 1. The lowest BCUT2D eigenvalue weighted by Crippen LogP contribution is -2.09. The molecule has 2 aromatic rings. The Labute approximate surface area is 123 Å². The molecule has 0 radical (unpaired) electrons. The summed E-state index contributed by atoms with van der Waals surface area (Å²) in [6, 6.07) is 6.91. The van der Waals surface area contributed by atoms with Crippen LogP contribution >= 0.6 is 0 Å². The fraction of sp³-hybridized carbons (Fsp3) is 0.375. The van der Waals surface area contributed by atoms with Gasteiger partial charge in [0.1, 0.15) is 0 Å². The predicted octanol–water partition coefficient (Wildman–Crippen LogP) is 3.17. The van der Waals surface area contributed by atoms with Crippen LogP contribution in [0.1, 0.15) is 42.0 Å². The number of hydrogen-bond donors (Lipinski definition) is 1. The number of fused-ring (bicyclic) bond motifs is 1. The van der Waals surface area contributed by atoms with Gasteiger partial charge in [-0.05, 0) is 36.0 Å². The Morgan fingerprint density at radius 3 is 3.00 bits per heavy atom. The largest absolute Gasteiger partial charge is 0.349 e. The summed E-state index contributed by atoms with van der Waals surface area (Å²) in [5.41, 5.74) is 9.84. The Bertz CT molecular complexity index is 663. The molecular formula is C16H19N3O2. The van der Waals surface area contributed by atoms with E-state index in [1.54, 1.807) is 12.1 Å². The van der Waals surface area contributed by atoms with Crippen molar-refractivity contribution in [2.45, 2.75) is 38.3 Å². The molecule has 0 saturated carbocycles. The Kier molecular flexibility index (Phi) is 3.75. The standard InChI is InChI=1S/C16H19N3O2/c17-16-7-2-1-5-13-10-18(11-15(13)16)9-12-4-3-6-14(8-12)19(20)21/h3-4,6,8,10-11,16H,1-2,5,7,9,17H2. The molecule has 0 spiro atoms. The molecule has 1 aromatic carbocycles. The molecule has 1 aliphatic rings. The maximum absolute atomic E-state index is 10.8. The van der Waals surface area contributed by atoms with Gasteiger partial charge >= 0.3 is 0 Å². The van der Waals surface area contributed by atoms with Crippen LogP contribution in [0.4, 0.5) is 5.69 Å². The average molecular weight is 285 g/mol. The van der Waals surface area contributed by atoms with Crippen LogP contribution in [0.3, 0.4) is 0 Å². The van der Waals surface area contributed by atoms with Crippen molar-refractivity contribution in [3.05, 3.63) is 63.5 Å². The van der Waals surface area contributed by atoms with E-state index in [4.69, 9.17) is 5.73 Å². The van der Waals surface area contributed by atoms with E-state index in [0.717, 1.165) is 18.4 Å². The lowest BCUT2D eigenvalue weighted by Gasteiger charge is -2.07. The lowest BCUT2D eigenvalue weighted by atomic mass is 10.1. The number of nitro groups is 1. The van der Waals surface area contributed by atoms with Crippen LogP contribution in [0.15, 0.2) is 36.7 Å². The van der Waals surface area contributed by atoms with Crippen molar-refractivity contribution < 1.29 is 4.92 Å². The molecule has 1 aromatic heterocycles. The molecule has 2 N–H and O–H groups in total. The highest BCUT2D eigenvalue weighted by atomic mass is 16.6. The number of nitro benzene ring substituents is 1. The van der Waals surface area contributed by atoms with Crippen molar-refractivity contribution in [2.24, 2.45) is 5.73 Å². The fourth-order valence-electron chi connectivity index (χ4n) is 3.02. The van der Waals surface area contributed by atoms with Crippen LogP contribution in [-0.2, 0) is 13.0 Å². The van der Waals surface area contributed by atoms with Gasteiger partial charge in [0, 0.05) is 37.1 Å².